The van der Waals surface area contributed by atoms with Crippen molar-refractivity contribution in [3.63, 3.8) is 0 Å². The highest BCUT2D eigenvalue weighted by Crippen LogP contribution is 2.33. The molecule has 1 unspecified atom stereocenters. The van der Waals surface area contributed by atoms with Crippen molar-refractivity contribution in [3.8, 4) is 11.5 Å². The van der Waals surface area contributed by atoms with E-state index >= 15 is 0 Å². The number of carbonyl (C=O) groups is 1. The molecule has 0 aliphatic heterocycles. The van der Waals surface area contributed by atoms with Gasteiger partial charge in [0.25, 0.3) is 0 Å². The van der Waals surface area contributed by atoms with Gasteiger partial charge in [-0.3, -0.25) is 4.79 Å². The number of benzene rings is 1. The molecular formula is C11H13N3O4. The number of nitrogens with zero attached hydrogens (tertiary/aromatic N) is 3. The predicted molar refractivity (Wildman–Crippen MR) is 63.7 cm³/mol. The fraction of sp³-hybridized carbons (Fsp3) is 0.364. The molecule has 0 aliphatic carbocycles. The van der Waals surface area contributed by atoms with E-state index in [1.165, 1.54) is 14.2 Å². The highest BCUT2D eigenvalue weighted by molar-refractivity contribution is 5.68. The summed E-state index contributed by atoms with van der Waals surface area (Å²) in [5, 5.41) is 12.3. The highest BCUT2D eigenvalue weighted by Gasteiger charge is 2.18. The van der Waals surface area contributed by atoms with Gasteiger partial charge in [-0.05, 0) is 11.6 Å². The van der Waals surface area contributed by atoms with Crippen LogP contribution in [0.3, 0.4) is 0 Å². The van der Waals surface area contributed by atoms with Crippen LogP contribution in [0.1, 0.15) is 18.0 Å². The summed E-state index contributed by atoms with van der Waals surface area (Å²) >= 11 is 0. The Labute approximate surface area is 104 Å². The van der Waals surface area contributed by atoms with Crippen molar-refractivity contribution < 1.29 is 19.4 Å². The number of carboxylic acids is 1. The maximum absolute atomic E-state index is 10.7. The minimum atomic E-state index is -1.05. The normalized spacial score (nSPS) is 11.2. The molecule has 0 spiro atoms. The van der Waals surface area contributed by atoms with Crippen LogP contribution in [0.4, 0.5) is 0 Å². The van der Waals surface area contributed by atoms with Gasteiger partial charge in [-0.2, -0.15) is 0 Å². The number of ether oxygens (including phenoxy) is 2. The monoisotopic (exact) mass is 251 g/mol. The molecule has 0 aliphatic rings. The van der Waals surface area contributed by atoms with Gasteiger partial charge in [-0.25, -0.2) is 0 Å². The fourth-order valence-electron chi connectivity index (χ4n) is 1.53. The minimum Gasteiger partial charge on any atom is -0.497 e. The Morgan fingerprint density at radius 3 is 2.72 bits per heavy atom. The summed E-state index contributed by atoms with van der Waals surface area (Å²) in [7, 11) is 2.96. The molecule has 96 valence electrons. The molecule has 18 heavy (non-hydrogen) atoms. The molecule has 0 fully saturated rings. The number of hydrogen-bond acceptors (Lipinski definition) is 4. The molecule has 0 heterocycles. The summed E-state index contributed by atoms with van der Waals surface area (Å²) in [5.41, 5.74) is 8.99. The van der Waals surface area contributed by atoms with Crippen LogP contribution in [0.25, 0.3) is 10.4 Å². The third-order valence-electron chi connectivity index (χ3n) is 2.36. The van der Waals surface area contributed by atoms with Crippen molar-refractivity contribution in [2.45, 2.75) is 12.5 Å². The number of carboxylic acid groups (broad SMARTS) is 1. The van der Waals surface area contributed by atoms with Crippen LogP contribution in [0.15, 0.2) is 23.3 Å². The molecule has 7 heteroatoms. The van der Waals surface area contributed by atoms with Crippen LogP contribution in [0.5, 0.6) is 11.5 Å². The number of azide groups is 1. The van der Waals surface area contributed by atoms with E-state index in [0.29, 0.717) is 17.1 Å². The third-order valence-corrected chi connectivity index (χ3v) is 2.36. The zero-order chi connectivity index (χ0) is 13.5. The molecule has 1 atom stereocenters. The zero-order valence-electron chi connectivity index (χ0n) is 10.0. The molecule has 0 amide bonds. The van der Waals surface area contributed by atoms with E-state index in [0.717, 1.165) is 0 Å². The Kier molecular flexibility index (Phi) is 4.83. The molecule has 1 aromatic rings. The molecule has 1 aromatic carbocycles. The van der Waals surface area contributed by atoms with Gasteiger partial charge in [-0.1, -0.05) is 11.2 Å². The second-order valence-electron chi connectivity index (χ2n) is 3.43. The van der Waals surface area contributed by atoms with Crippen LogP contribution in [0.2, 0.25) is 0 Å². The number of aliphatic carboxylic acids is 1. The molecule has 0 saturated carbocycles. The SMILES string of the molecule is COc1ccc(C(CC(=O)O)N=[N+]=[N-])c(OC)c1. The van der Waals surface area contributed by atoms with Gasteiger partial charge >= 0.3 is 5.97 Å². The summed E-state index contributed by atoms with van der Waals surface area (Å²) in [6, 6.07) is 4.07. The quantitative estimate of drug-likeness (QED) is 0.476. The predicted octanol–water partition coefficient (Wildman–Crippen LogP) is 2.53. The second kappa shape index (κ2) is 6.36. The van der Waals surface area contributed by atoms with Crippen molar-refractivity contribution in [1.29, 1.82) is 0 Å². The summed E-state index contributed by atoms with van der Waals surface area (Å²) in [6.45, 7) is 0. The van der Waals surface area contributed by atoms with Gasteiger partial charge in [-0.15, -0.1) is 0 Å². The first-order valence-corrected chi connectivity index (χ1v) is 5.10. The standard InChI is InChI=1S/C11H13N3O4/c1-17-7-3-4-8(10(5-7)18-2)9(13-14-12)6-11(15)16/h3-5,9H,6H2,1-2H3,(H,15,16). The van der Waals surface area contributed by atoms with E-state index in [1.54, 1.807) is 18.2 Å². The van der Waals surface area contributed by atoms with Crippen LogP contribution in [0, 0.1) is 0 Å². The van der Waals surface area contributed by atoms with Gasteiger partial charge < -0.3 is 14.6 Å². The van der Waals surface area contributed by atoms with Gasteiger partial charge in [0.2, 0.25) is 0 Å². The average Bonchev–Trinajstić information content (AvgIpc) is 2.37. The molecular weight excluding hydrogens is 238 g/mol. The van der Waals surface area contributed by atoms with E-state index in [2.05, 4.69) is 10.0 Å². The van der Waals surface area contributed by atoms with Crippen molar-refractivity contribution in [2.75, 3.05) is 14.2 Å². The minimum absolute atomic E-state index is 0.299. The Hall–Kier alpha value is -2.40. The van der Waals surface area contributed by atoms with Crippen molar-refractivity contribution in [3.05, 3.63) is 34.2 Å². The van der Waals surface area contributed by atoms with E-state index in [-0.39, 0.29) is 6.42 Å². The first-order valence-electron chi connectivity index (χ1n) is 5.10. The molecule has 7 nitrogen and oxygen atoms in total. The van der Waals surface area contributed by atoms with Crippen molar-refractivity contribution in [1.82, 2.24) is 0 Å². The fourth-order valence-corrected chi connectivity index (χ4v) is 1.53. The lowest BCUT2D eigenvalue weighted by atomic mass is 10.0. The molecule has 0 saturated heterocycles. The van der Waals surface area contributed by atoms with Gasteiger partial charge in [0.15, 0.2) is 0 Å². The van der Waals surface area contributed by atoms with Gasteiger partial charge in [0.1, 0.15) is 11.5 Å². The maximum Gasteiger partial charge on any atom is 0.304 e. The van der Waals surface area contributed by atoms with E-state index in [9.17, 15) is 4.79 Å². The molecule has 1 N–H and O–H groups in total. The number of rotatable bonds is 6. The van der Waals surface area contributed by atoms with E-state index in [4.69, 9.17) is 20.1 Å². The Morgan fingerprint density at radius 1 is 1.50 bits per heavy atom. The van der Waals surface area contributed by atoms with Crippen molar-refractivity contribution >= 4 is 5.97 Å². The smallest absolute Gasteiger partial charge is 0.304 e. The summed E-state index contributed by atoms with van der Waals surface area (Å²) in [6.07, 6.45) is -0.299. The largest absolute Gasteiger partial charge is 0.497 e. The van der Waals surface area contributed by atoms with Gasteiger partial charge in [0.05, 0.1) is 26.7 Å². The highest BCUT2D eigenvalue weighted by atomic mass is 16.5. The van der Waals surface area contributed by atoms with Gasteiger partial charge in [0, 0.05) is 16.5 Å². The average molecular weight is 251 g/mol. The van der Waals surface area contributed by atoms with E-state index in [1.807, 2.05) is 0 Å². The van der Waals surface area contributed by atoms with E-state index < -0.39 is 12.0 Å². The van der Waals surface area contributed by atoms with Crippen LogP contribution in [-0.4, -0.2) is 25.3 Å². The number of hydrogen-bond donors (Lipinski definition) is 1. The third kappa shape index (κ3) is 3.29. The topological polar surface area (TPSA) is 105 Å². The first kappa shape index (κ1) is 13.7. The van der Waals surface area contributed by atoms with Crippen LogP contribution < -0.4 is 9.47 Å². The molecule has 0 bridgehead atoms. The first-order chi connectivity index (χ1) is 8.62. The Balaban J connectivity index is 3.18. The lowest BCUT2D eigenvalue weighted by Gasteiger charge is -2.14. The molecule has 0 aromatic heterocycles. The Bertz CT molecular complexity index is 483. The summed E-state index contributed by atoms with van der Waals surface area (Å²) < 4.78 is 10.2. The summed E-state index contributed by atoms with van der Waals surface area (Å²) in [5.74, 6) is -0.0520. The van der Waals surface area contributed by atoms with Crippen LogP contribution >= 0.6 is 0 Å². The van der Waals surface area contributed by atoms with Crippen LogP contribution in [-0.2, 0) is 4.79 Å². The lowest BCUT2D eigenvalue weighted by Crippen LogP contribution is -2.05. The van der Waals surface area contributed by atoms with Crippen molar-refractivity contribution in [2.24, 2.45) is 5.11 Å². The summed E-state index contributed by atoms with van der Waals surface area (Å²) in [4.78, 5) is 13.4. The number of methoxy groups -OCH3 is 2. The lowest BCUT2D eigenvalue weighted by molar-refractivity contribution is -0.137. The maximum atomic E-state index is 10.7. The molecule has 0 radical (unpaired) electrons. The zero-order valence-corrected chi connectivity index (χ0v) is 10.0. The second-order valence-corrected chi connectivity index (χ2v) is 3.43. The Morgan fingerprint density at radius 2 is 2.22 bits per heavy atom. The molecule has 1 rings (SSSR count).